The van der Waals surface area contributed by atoms with Crippen LogP contribution in [0.4, 0.5) is 0 Å². The van der Waals surface area contributed by atoms with E-state index in [2.05, 4.69) is 0 Å². The summed E-state index contributed by atoms with van der Waals surface area (Å²) in [5.74, 6) is -1.74. The van der Waals surface area contributed by atoms with E-state index in [1.807, 2.05) is 0 Å². The summed E-state index contributed by atoms with van der Waals surface area (Å²) in [6.07, 6.45) is 4.85. The van der Waals surface area contributed by atoms with Gasteiger partial charge >= 0.3 is 11.9 Å². The SMILES string of the molecule is CC(C)(CO)CO.O=C(O)CCCCC(=O)O.OCCCCCCO. The van der Waals surface area contributed by atoms with Crippen molar-refractivity contribution in [3.63, 3.8) is 0 Å². The number of aliphatic hydroxyl groups excluding tert-OH is 4. The van der Waals surface area contributed by atoms with Gasteiger partial charge in [0.1, 0.15) is 0 Å². The number of rotatable bonds is 12. The van der Waals surface area contributed by atoms with Gasteiger partial charge in [0.25, 0.3) is 0 Å². The zero-order chi connectivity index (χ0) is 20.1. The molecular weight excluding hydrogens is 332 g/mol. The van der Waals surface area contributed by atoms with Crippen molar-refractivity contribution in [1.29, 1.82) is 0 Å². The Kier molecular flexibility index (Phi) is 23.8. The molecule has 0 aromatic heterocycles. The first-order chi connectivity index (χ1) is 11.7. The van der Waals surface area contributed by atoms with Gasteiger partial charge in [-0.25, -0.2) is 0 Å². The van der Waals surface area contributed by atoms with Crippen LogP contribution in [0.25, 0.3) is 0 Å². The smallest absolute Gasteiger partial charge is 0.303 e. The molecule has 6 N–H and O–H groups in total. The molecule has 0 atom stereocenters. The number of hydrogen-bond donors (Lipinski definition) is 6. The third-order valence-corrected chi connectivity index (χ3v) is 2.95. The second-order valence-electron chi connectivity index (χ2n) is 6.34. The predicted molar refractivity (Wildman–Crippen MR) is 94.3 cm³/mol. The number of carboxylic acid groups (broad SMARTS) is 2. The number of unbranched alkanes of at least 4 members (excludes halogenated alkanes) is 4. The van der Waals surface area contributed by atoms with Gasteiger partial charge in [-0.1, -0.05) is 26.7 Å². The van der Waals surface area contributed by atoms with E-state index in [-0.39, 0.29) is 44.7 Å². The Bertz CT molecular complexity index is 277. The standard InChI is InChI=1S/C6H10O4.C6H14O2.C5H12O2/c7-5(8)3-1-2-4-6(9)10;7-5-3-1-2-4-6-8;1-5(2,3-6)4-7/h1-4H2,(H,7,8)(H,9,10);7-8H,1-6H2;6-7H,3-4H2,1-2H3. The molecule has 0 aromatic carbocycles. The third-order valence-electron chi connectivity index (χ3n) is 2.95. The highest BCUT2D eigenvalue weighted by Gasteiger charge is 2.13. The first kappa shape index (κ1) is 28.6. The van der Waals surface area contributed by atoms with Crippen LogP contribution in [0.1, 0.15) is 65.2 Å². The Hall–Kier alpha value is -1.22. The molecule has 25 heavy (non-hydrogen) atoms. The maximum atomic E-state index is 9.90. The highest BCUT2D eigenvalue weighted by Crippen LogP contribution is 2.10. The number of carboxylic acids is 2. The summed E-state index contributed by atoms with van der Waals surface area (Å²) in [6.45, 7) is 4.25. The highest BCUT2D eigenvalue weighted by molar-refractivity contribution is 5.67. The Morgan fingerprint density at radius 3 is 1.12 bits per heavy atom. The van der Waals surface area contributed by atoms with Crippen molar-refractivity contribution >= 4 is 11.9 Å². The highest BCUT2D eigenvalue weighted by atomic mass is 16.4. The van der Waals surface area contributed by atoms with E-state index >= 15 is 0 Å². The molecule has 0 fully saturated rings. The molecule has 0 aliphatic carbocycles. The van der Waals surface area contributed by atoms with Gasteiger partial charge < -0.3 is 30.6 Å². The zero-order valence-electron chi connectivity index (χ0n) is 15.5. The molecule has 8 heteroatoms. The van der Waals surface area contributed by atoms with Crippen LogP contribution in [0.5, 0.6) is 0 Å². The Balaban J connectivity index is -0.000000296. The molecule has 0 aliphatic rings. The molecule has 0 saturated heterocycles. The lowest BCUT2D eigenvalue weighted by Crippen LogP contribution is -2.20. The first-order valence-electron chi connectivity index (χ1n) is 8.53. The topological polar surface area (TPSA) is 156 Å². The van der Waals surface area contributed by atoms with E-state index < -0.39 is 11.9 Å². The van der Waals surface area contributed by atoms with Crippen LogP contribution in [-0.2, 0) is 9.59 Å². The van der Waals surface area contributed by atoms with Crippen molar-refractivity contribution in [3.8, 4) is 0 Å². The molecule has 0 radical (unpaired) electrons. The monoisotopic (exact) mass is 368 g/mol. The van der Waals surface area contributed by atoms with Crippen molar-refractivity contribution in [2.45, 2.75) is 65.2 Å². The van der Waals surface area contributed by atoms with Gasteiger partial charge in [0.05, 0.1) is 13.2 Å². The minimum absolute atomic E-state index is 0.0451. The van der Waals surface area contributed by atoms with E-state index in [1.165, 1.54) is 0 Å². The quantitative estimate of drug-likeness (QED) is 0.281. The maximum Gasteiger partial charge on any atom is 0.303 e. The van der Waals surface area contributed by atoms with Gasteiger partial charge in [-0.3, -0.25) is 9.59 Å². The Morgan fingerprint density at radius 2 is 0.960 bits per heavy atom. The maximum absolute atomic E-state index is 9.90. The summed E-state index contributed by atoms with van der Waals surface area (Å²) in [5.41, 5.74) is -0.306. The van der Waals surface area contributed by atoms with Crippen LogP contribution in [0.2, 0.25) is 0 Å². The van der Waals surface area contributed by atoms with Crippen molar-refractivity contribution in [2.75, 3.05) is 26.4 Å². The van der Waals surface area contributed by atoms with Crippen LogP contribution in [0.3, 0.4) is 0 Å². The van der Waals surface area contributed by atoms with Gasteiger partial charge in [-0.2, -0.15) is 0 Å². The second-order valence-corrected chi connectivity index (χ2v) is 6.34. The van der Waals surface area contributed by atoms with Crippen LogP contribution >= 0.6 is 0 Å². The lowest BCUT2D eigenvalue weighted by atomic mass is 9.97. The summed E-state index contributed by atoms with van der Waals surface area (Å²) in [4.78, 5) is 19.8. The fourth-order valence-electron chi connectivity index (χ4n) is 1.18. The molecule has 8 nitrogen and oxygen atoms in total. The molecule has 0 unspecified atom stereocenters. The van der Waals surface area contributed by atoms with Crippen molar-refractivity contribution in [3.05, 3.63) is 0 Å². The molecular formula is C17H36O8. The normalized spacial score (nSPS) is 10.2. The number of hydrogen-bond acceptors (Lipinski definition) is 6. The lowest BCUT2D eigenvalue weighted by Gasteiger charge is -2.16. The summed E-state index contributed by atoms with van der Waals surface area (Å²) in [6, 6.07) is 0. The van der Waals surface area contributed by atoms with E-state index in [0.717, 1.165) is 25.7 Å². The van der Waals surface area contributed by atoms with E-state index in [9.17, 15) is 9.59 Å². The molecule has 0 heterocycles. The predicted octanol–water partition coefficient (Wildman–Crippen LogP) is 1.24. The average Bonchev–Trinajstić information content (AvgIpc) is 2.56. The summed E-state index contributed by atoms with van der Waals surface area (Å²) in [5, 5.41) is 49.7. The molecule has 152 valence electrons. The van der Waals surface area contributed by atoms with Crippen molar-refractivity contribution in [1.82, 2.24) is 0 Å². The molecule has 0 spiro atoms. The summed E-state index contributed by atoms with van der Waals surface area (Å²) in [7, 11) is 0. The second kappa shape index (κ2) is 20.8. The summed E-state index contributed by atoms with van der Waals surface area (Å²) >= 11 is 0. The van der Waals surface area contributed by atoms with Crippen LogP contribution in [0, 0.1) is 5.41 Å². The van der Waals surface area contributed by atoms with Gasteiger partial charge in [-0.15, -0.1) is 0 Å². The van der Waals surface area contributed by atoms with Gasteiger partial charge in [-0.05, 0) is 25.7 Å². The zero-order valence-corrected chi connectivity index (χ0v) is 15.5. The van der Waals surface area contributed by atoms with Gasteiger partial charge in [0.15, 0.2) is 0 Å². The molecule has 0 saturated carbocycles. The Morgan fingerprint density at radius 1 is 0.640 bits per heavy atom. The van der Waals surface area contributed by atoms with Crippen LogP contribution in [-0.4, -0.2) is 69.0 Å². The fourth-order valence-corrected chi connectivity index (χ4v) is 1.18. The van der Waals surface area contributed by atoms with Gasteiger partial charge in [0, 0.05) is 31.5 Å². The van der Waals surface area contributed by atoms with E-state index in [0.29, 0.717) is 12.8 Å². The van der Waals surface area contributed by atoms with Crippen molar-refractivity contribution in [2.24, 2.45) is 5.41 Å². The van der Waals surface area contributed by atoms with Gasteiger partial charge in [0.2, 0.25) is 0 Å². The molecule has 0 bridgehead atoms. The van der Waals surface area contributed by atoms with Crippen molar-refractivity contribution < 1.29 is 40.2 Å². The van der Waals surface area contributed by atoms with E-state index in [4.69, 9.17) is 30.6 Å². The van der Waals surface area contributed by atoms with Crippen LogP contribution < -0.4 is 0 Å². The fraction of sp³-hybridized carbons (Fsp3) is 0.882. The minimum atomic E-state index is -0.870. The largest absolute Gasteiger partial charge is 0.481 e. The van der Waals surface area contributed by atoms with Crippen LogP contribution in [0.15, 0.2) is 0 Å². The molecule has 0 aliphatic heterocycles. The third kappa shape index (κ3) is 34.9. The number of aliphatic hydroxyl groups is 4. The number of aliphatic carboxylic acids is 2. The molecule has 0 rings (SSSR count). The lowest BCUT2D eigenvalue weighted by molar-refractivity contribution is -0.139. The first-order valence-corrected chi connectivity index (χ1v) is 8.53. The Labute approximate surface area is 150 Å². The minimum Gasteiger partial charge on any atom is -0.481 e. The summed E-state index contributed by atoms with van der Waals surface area (Å²) < 4.78 is 0. The average molecular weight is 368 g/mol. The van der Waals surface area contributed by atoms with E-state index in [1.54, 1.807) is 13.8 Å². The molecule has 0 aromatic rings. The number of carbonyl (C=O) groups is 2. The molecule has 0 amide bonds.